The molecular formula is C12H22N2O2. The van der Waals surface area contributed by atoms with Crippen LogP contribution in [-0.2, 0) is 9.53 Å². The van der Waals surface area contributed by atoms with E-state index in [0.29, 0.717) is 12.8 Å². The molecule has 0 aromatic heterocycles. The third kappa shape index (κ3) is 1.84. The normalized spacial score (nSPS) is 26.0. The highest BCUT2D eigenvalue weighted by Crippen LogP contribution is 2.33. The van der Waals surface area contributed by atoms with Gasteiger partial charge in [0.05, 0.1) is 0 Å². The molecule has 0 aromatic rings. The van der Waals surface area contributed by atoms with Crippen molar-refractivity contribution in [3.63, 3.8) is 0 Å². The summed E-state index contributed by atoms with van der Waals surface area (Å²) in [4.78, 5) is 16.4. The molecule has 4 nitrogen and oxygen atoms in total. The monoisotopic (exact) mass is 226 g/mol. The van der Waals surface area contributed by atoms with Crippen molar-refractivity contribution in [2.75, 3.05) is 26.4 Å². The van der Waals surface area contributed by atoms with Crippen LogP contribution in [0, 0.1) is 0 Å². The fourth-order valence-corrected chi connectivity index (χ4v) is 2.60. The molecule has 2 rings (SSSR count). The van der Waals surface area contributed by atoms with Gasteiger partial charge in [-0.25, -0.2) is 0 Å². The largest absolute Gasteiger partial charge is 0.345 e. The Morgan fingerprint density at radius 3 is 2.44 bits per heavy atom. The van der Waals surface area contributed by atoms with E-state index in [0.717, 1.165) is 32.5 Å². The standard InChI is InChI=1S/C12H22N2O2/c1-4-13-9-16-12(11(13)15)5-7-14(8-6-12)10(2)3/h10H,4-9H2,1-3H3. The average Bonchev–Trinajstić information content (AvgIpc) is 2.58. The summed E-state index contributed by atoms with van der Waals surface area (Å²) in [7, 11) is 0. The number of piperidine rings is 1. The Morgan fingerprint density at radius 2 is 2.00 bits per heavy atom. The molecule has 1 spiro atoms. The molecule has 2 saturated heterocycles. The highest BCUT2D eigenvalue weighted by Gasteiger charge is 2.49. The summed E-state index contributed by atoms with van der Waals surface area (Å²) in [6.07, 6.45) is 1.70. The molecule has 4 heteroatoms. The second-order valence-electron chi connectivity index (χ2n) is 5.06. The van der Waals surface area contributed by atoms with Crippen LogP contribution in [0.4, 0.5) is 0 Å². The van der Waals surface area contributed by atoms with E-state index in [2.05, 4.69) is 18.7 Å². The van der Waals surface area contributed by atoms with Crippen LogP contribution in [-0.4, -0.2) is 53.7 Å². The fraction of sp³-hybridized carbons (Fsp3) is 0.917. The van der Waals surface area contributed by atoms with Gasteiger partial charge in [-0.3, -0.25) is 4.79 Å². The summed E-state index contributed by atoms with van der Waals surface area (Å²) in [5.74, 6) is 0.207. The van der Waals surface area contributed by atoms with Gasteiger partial charge < -0.3 is 14.5 Å². The molecule has 0 aromatic carbocycles. The molecule has 2 fully saturated rings. The van der Waals surface area contributed by atoms with Crippen LogP contribution in [0.25, 0.3) is 0 Å². The van der Waals surface area contributed by atoms with E-state index >= 15 is 0 Å². The van der Waals surface area contributed by atoms with E-state index in [9.17, 15) is 4.79 Å². The molecule has 0 radical (unpaired) electrons. The van der Waals surface area contributed by atoms with Gasteiger partial charge in [-0.15, -0.1) is 0 Å². The molecule has 0 saturated carbocycles. The predicted octanol–water partition coefficient (Wildman–Crippen LogP) is 1.07. The van der Waals surface area contributed by atoms with Crippen molar-refractivity contribution in [2.45, 2.75) is 45.3 Å². The van der Waals surface area contributed by atoms with Crippen molar-refractivity contribution in [1.82, 2.24) is 9.80 Å². The van der Waals surface area contributed by atoms with E-state index in [4.69, 9.17) is 4.74 Å². The first kappa shape index (κ1) is 11.9. The van der Waals surface area contributed by atoms with Crippen LogP contribution in [0.15, 0.2) is 0 Å². The Hall–Kier alpha value is -0.610. The number of likely N-dealkylation sites (N-methyl/N-ethyl adjacent to an activating group) is 1. The lowest BCUT2D eigenvalue weighted by atomic mass is 9.90. The van der Waals surface area contributed by atoms with Crippen LogP contribution in [0.5, 0.6) is 0 Å². The number of carbonyl (C=O) groups is 1. The van der Waals surface area contributed by atoms with Crippen LogP contribution in [0.3, 0.4) is 0 Å². The van der Waals surface area contributed by atoms with Crippen molar-refractivity contribution >= 4 is 5.91 Å². The van der Waals surface area contributed by atoms with E-state index < -0.39 is 5.60 Å². The molecule has 0 unspecified atom stereocenters. The van der Waals surface area contributed by atoms with Crippen LogP contribution >= 0.6 is 0 Å². The van der Waals surface area contributed by atoms with Gasteiger partial charge in [0.25, 0.3) is 5.91 Å². The smallest absolute Gasteiger partial charge is 0.256 e. The summed E-state index contributed by atoms with van der Waals surface area (Å²) in [5, 5.41) is 0. The number of rotatable bonds is 2. The Morgan fingerprint density at radius 1 is 1.38 bits per heavy atom. The van der Waals surface area contributed by atoms with Crippen molar-refractivity contribution in [2.24, 2.45) is 0 Å². The topological polar surface area (TPSA) is 32.8 Å². The minimum absolute atomic E-state index is 0.207. The Kier molecular flexibility index (Phi) is 3.22. The van der Waals surface area contributed by atoms with Crippen LogP contribution in [0.2, 0.25) is 0 Å². The summed E-state index contributed by atoms with van der Waals surface area (Å²) >= 11 is 0. The van der Waals surface area contributed by atoms with Crippen molar-refractivity contribution in [3.05, 3.63) is 0 Å². The zero-order valence-corrected chi connectivity index (χ0v) is 10.5. The number of ether oxygens (including phenoxy) is 1. The van der Waals surface area contributed by atoms with E-state index in [1.165, 1.54) is 0 Å². The number of likely N-dealkylation sites (tertiary alicyclic amines) is 1. The highest BCUT2D eigenvalue weighted by molar-refractivity contribution is 5.86. The summed E-state index contributed by atoms with van der Waals surface area (Å²) in [5.41, 5.74) is -0.485. The van der Waals surface area contributed by atoms with Gasteiger partial charge in [-0.1, -0.05) is 0 Å². The molecule has 0 N–H and O–H groups in total. The molecule has 0 bridgehead atoms. The van der Waals surface area contributed by atoms with Gasteiger partial charge >= 0.3 is 0 Å². The van der Waals surface area contributed by atoms with Gasteiger partial charge in [-0.2, -0.15) is 0 Å². The first-order valence-corrected chi connectivity index (χ1v) is 6.26. The van der Waals surface area contributed by atoms with Crippen LogP contribution < -0.4 is 0 Å². The third-order valence-corrected chi connectivity index (χ3v) is 3.89. The maximum absolute atomic E-state index is 12.2. The minimum atomic E-state index is -0.485. The van der Waals surface area contributed by atoms with Gasteiger partial charge in [0, 0.05) is 25.7 Å². The number of hydrogen-bond donors (Lipinski definition) is 0. The van der Waals surface area contributed by atoms with Gasteiger partial charge in [0.15, 0.2) is 5.60 Å². The molecule has 2 heterocycles. The highest BCUT2D eigenvalue weighted by atomic mass is 16.5. The average molecular weight is 226 g/mol. The number of carbonyl (C=O) groups excluding carboxylic acids is 1. The Bertz CT molecular complexity index is 270. The van der Waals surface area contributed by atoms with E-state index in [-0.39, 0.29) is 5.91 Å². The number of nitrogens with zero attached hydrogens (tertiary/aromatic N) is 2. The molecule has 16 heavy (non-hydrogen) atoms. The zero-order valence-electron chi connectivity index (χ0n) is 10.5. The first-order valence-electron chi connectivity index (χ1n) is 6.26. The van der Waals surface area contributed by atoms with E-state index in [1.807, 2.05) is 11.8 Å². The quantitative estimate of drug-likeness (QED) is 0.706. The molecule has 0 aliphatic carbocycles. The summed E-state index contributed by atoms with van der Waals surface area (Å²) in [6.45, 7) is 9.60. The zero-order chi connectivity index (χ0) is 11.8. The second-order valence-corrected chi connectivity index (χ2v) is 5.06. The summed E-state index contributed by atoms with van der Waals surface area (Å²) in [6, 6.07) is 0.566. The SMILES string of the molecule is CCN1COC2(CCN(C(C)C)CC2)C1=O. The molecule has 0 atom stereocenters. The number of hydrogen-bond acceptors (Lipinski definition) is 3. The maximum atomic E-state index is 12.2. The van der Waals surface area contributed by atoms with Crippen LogP contribution in [0.1, 0.15) is 33.6 Å². The maximum Gasteiger partial charge on any atom is 0.256 e. The van der Waals surface area contributed by atoms with Gasteiger partial charge in [0.2, 0.25) is 0 Å². The second kappa shape index (κ2) is 4.34. The van der Waals surface area contributed by atoms with Gasteiger partial charge in [0.1, 0.15) is 6.73 Å². The fourth-order valence-electron chi connectivity index (χ4n) is 2.60. The van der Waals surface area contributed by atoms with Crippen molar-refractivity contribution in [1.29, 1.82) is 0 Å². The Labute approximate surface area is 97.5 Å². The lowest BCUT2D eigenvalue weighted by Crippen LogP contribution is -2.51. The molecular weight excluding hydrogens is 204 g/mol. The van der Waals surface area contributed by atoms with E-state index in [1.54, 1.807) is 0 Å². The predicted molar refractivity (Wildman–Crippen MR) is 62.0 cm³/mol. The lowest BCUT2D eigenvalue weighted by molar-refractivity contribution is -0.141. The lowest BCUT2D eigenvalue weighted by Gasteiger charge is -2.38. The molecule has 92 valence electrons. The van der Waals surface area contributed by atoms with Gasteiger partial charge in [-0.05, 0) is 33.6 Å². The Balaban J connectivity index is 2.00. The molecule has 1 amide bonds. The summed E-state index contributed by atoms with van der Waals surface area (Å²) < 4.78 is 5.77. The first-order chi connectivity index (χ1) is 7.59. The molecule has 2 aliphatic rings. The minimum Gasteiger partial charge on any atom is -0.345 e. The third-order valence-electron chi connectivity index (χ3n) is 3.89. The molecule has 2 aliphatic heterocycles. The van der Waals surface area contributed by atoms with Crippen molar-refractivity contribution in [3.8, 4) is 0 Å². The number of amides is 1. The van der Waals surface area contributed by atoms with Crippen molar-refractivity contribution < 1.29 is 9.53 Å².